The van der Waals surface area contributed by atoms with Crippen molar-refractivity contribution in [2.45, 2.75) is 40.0 Å². The Morgan fingerprint density at radius 2 is 1.62 bits per heavy atom. The molecular formula is C18H25N3. The second-order valence-electron chi connectivity index (χ2n) is 5.64. The highest BCUT2D eigenvalue weighted by Gasteiger charge is 2.15. The third-order valence-electron chi connectivity index (χ3n) is 3.95. The number of nitrogens with zero attached hydrogens (tertiary/aromatic N) is 2. The predicted octanol–water partition coefficient (Wildman–Crippen LogP) is 3.65. The molecule has 0 amide bonds. The molecule has 1 heterocycles. The number of hydrogen-bond donors (Lipinski definition) is 1. The first kappa shape index (κ1) is 15.6. The Morgan fingerprint density at radius 3 is 2.10 bits per heavy atom. The first-order valence-electron chi connectivity index (χ1n) is 7.65. The van der Waals surface area contributed by atoms with E-state index >= 15 is 0 Å². The van der Waals surface area contributed by atoms with Gasteiger partial charge in [0, 0.05) is 23.5 Å². The summed E-state index contributed by atoms with van der Waals surface area (Å²) >= 11 is 0. The van der Waals surface area contributed by atoms with E-state index in [-0.39, 0.29) is 0 Å². The predicted molar refractivity (Wildman–Crippen MR) is 88.7 cm³/mol. The van der Waals surface area contributed by atoms with Gasteiger partial charge in [-0.25, -0.2) is 9.97 Å². The zero-order valence-electron chi connectivity index (χ0n) is 13.7. The van der Waals surface area contributed by atoms with Crippen LogP contribution in [0.5, 0.6) is 0 Å². The minimum absolute atomic E-state index is 0.423. The van der Waals surface area contributed by atoms with Crippen molar-refractivity contribution >= 4 is 0 Å². The van der Waals surface area contributed by atoms with Crippen molar-refractivity contribution in [1.82, 2.24) is 15.3 Å². The van der Waals surface area contributed by atoms with E-state index in [1.165, 1.54) is 11.1 Å². The van der Waals surface area contributed by atoms with Gasteiger partial charge in [0.2, 0.25) is 0 Å². The first-order chi connectivity index (χ1) is 10.1. The maximum atomic E-state index is 4.72. The molecule has 2 aromatic rings. The van der Waals surface area contributed by atoms with Crippen molar-refractivity contribution in [3.63, 3.8) is 0 Å². The Hall–Kier alpha value is -1.74. The summed E-state index contributed by atoms with van der Waals surface area (Å²) in [5, 5.41) is 3.22. The molecule has 3 heteroatoms. The fraction of sp³-hybridized carbons (Fsp3) is 0.444. The molecule has 3 nitrogen and oxygen atoms in total. The van der Waals surface area contributed by atoms with Gasteiger partial charge in [-0.05, 0) is 44.4 Å². The maximum absolute atomic E-state index is 4.72. The number of rotatable bonds is 5. The van der Waals surface area contributed by atoms with Crippen LogP contribution < -0.4 is 5.32 Å². The summed E-state index contributed by atoms with van der Waals surface area (Å²) in [6, 6.07) is 8.54. The lowest BCUT2D eigenvalue weighted by atomic mass is 9.97. The van der Waals surface area contributed by atoms with Crippen molar-refractivity contribution in [2.24, 2.45) is 0 Å². The third kappa shape index (κ3) is 3.48. The minimum Gasteiger partial charge on any atom is -0.319 e. The molecule has 1 aromatic heterocycles. The zero-order chi connectivity index (χ0) is 15.4. The molecule has 0 fully saturated rings. The Bertz CT molecular complexity index is 579. The molecule has 0 aliphatic carbocycles. The van der Waals surface area contributed by atoms with Gasteiger partial charge in [-0.15, -0.1) is 0 Å². The van der Waals surface area contributed by atoms with Gasteiger partial charge in [-0.1, -0.05) is 38.1 Å². The summed E-state index contributed by atoms with van der Waals surface area (Å²) in [5.74, 6) is 1.25. The number of likely N-dealkylation sites (N-methyl/N-ethyl adjacent to an activating group) is 1. The van der Waals surface area contributed by atoms with Gasteiger partial charge in [-0.2, -0.15) is 0 Å². The summed E-state index contributed by atoms with van der Waals surface area (Å²) in [7, 11) is 1.98. The van der Waals surface area contributed by atoms with Gasteiger partial charge in [-0.3, -0.25) is 0 Å². The van der Waals surface area contributed by atoms with Crippen LogP contribution in [0, 0.1) is 13.8 Å². The van der Waals surface area contributed by atoms with Gasteiger partial charge in [0.1, 0.15) is 0 Å². The number of benzene rings is 1. The quantitative estimate of drug-likeness (QED) is 0.910. The molecule has 1 aromatic carbocycles. The highest BCUT2D eigenvalue weighted by Crippen LogP contribution is 2.24. The van der Waals surface area contributed by atoms with Crippen molar-refractivity contribution < 1.29 is 0 Å². The Morgan fingerprint density at radius 1 is 1.05 bits per heavy atom. The van der Waals surface area contributed by atoms with Crippen LogP contribution in [0.4, 0.5) is 0 Å². The molecule has 1 atom stereocenters. The summed E-state index contributed by atoms with van der Waals surface area (Å²) in [4.78, 5) is 9.45. The number of aromatic nitrogens is 2. The number of aryl methyl sites for hydroxylation is 3. The van der Waals surface area contributed by atoms with Crippen LogP contribution in [-0.2, 0) is 6.42 Å². The van der Waals surface area contributed by atoms with E-state index in [0.717, 1.165) is 35.7 Å². The number of hydrogen-bond acceptors (Lipinski definition) is 3. The number of nitrogens with one attached hydrogen (secondary N) is 1. The molecule has 0 radical (unpaired) electrons. The summed E-state index contributed by atoms with van der Waals surface area (Å²) in [5.41, 5.74) is 5.86. The average Bonchev–Trinajstić information content (AvgIpc) is 2.47. The third-order valence-corrected chi connectivity index (χ3v) is 3.95. The van der Waals surface area contributed by atoms with Gasteiger partial charge in [0.15, 0.2) is 5.82 Å². The molecule has 0 saturated carbocycles. The van der Waals surface area contributed by atoms with Crippen LogP contribution in [0.15, 0.2) is 24.3 Å². The van der Waals surface area contributed by atoms with Crippen molar-refractivity contribution in [3.05, 3.63) is 46.8 Å². The molecule has 0 spiro atoms. The van der Waals surface area contributed by atoms with Gasteiger partial charge in [0.25, 0.3) is 0 Å². The second-order valence-corrected chi connectivity index (χ2v) is 5.64. The van der Waals surface area contributed by atoms with Crippen LogP contribution in [0.1, 0.15) is 42.3 Å². The largest absolute Gasteiger partial charge is 0.319 e. The Balaban J connectivity index is 2.38. The molecule has 1 N–H and O–H groups in total. The van der Waals surface area contributed by atoms with Crippen molar-refractivity contribution in [2.75, 3.05) is 13.6 Å². The highest BCUT2D eigenvalue weighted by molar-refractivity contribution is 5.56. The van der Waals surface area contributed by atoms with Gasteiger partial charge in [0.05, 0.1) is 0 Å². The summed E-state index contributed by atoms with van der Waals surface area (Å²) in [6.07, 6.45) is 1.06. The molecule has 112 valence electrons. The smallest absolute Gasteiger partial charge is 0.159 e. The molecule has 0 saturated heterocycles. The Labute approximate surface area is 127 Å². The summed E-state index contributed by atoms with van der Waals surface area (Å²) < 4.78 is 0. The molecular weight excluding hydrogens is 258 g/mol. The minimum atomic E-state index is 0.423. The van der Waals surface area contributed by atoms with Crippen LogP contribution in [0.3, 0.4) is 0 Å². The lowest BCUT2D eigenvalue weighted by molar-refractivity contribution is 0.663. The maximum Gasteiger partial charge on any atom is 0.159 e. The van der Waals surface area contributed by atoms with E-state index in [1.54, 1.807) is 0 Å². The SMILES string of the molecule is CCc1ccc(-c2nc(C)c(C(C)CNC)c(C)n2)cc1. The molecule has 1 unspecified atom stereocenters. The van der Waals surface area contributed by atoms with E-state index in [1.807, 2.05) is 7.05 Å². The zero-order valence-corrected chi connectivity index (χ0v) is 13.7. The average molecular weight is 283 g/mol. The highest BCUT2D eigenvalue weighted by atomic mass is 14.9. The normalized spacial score (nSPS) is 12.4. The first-order valence-corrected chi connectivity index (χ1v) is 7.65. The fourth-order valence-electron chi connectivity index (χ4n) is 2.87. The van der Waals surface area contributed by atoms with Gasteiger partial charge < -0.3 is 5.32 Å². The molecule has 0 aliphatic heterocycles. The summed E-state index contributed by atoms with van der Waals surface area (Å²) in [6.45, 7) is 9.48. The standard InChI is InChI=1S/C18H25N3/c1-6-15-7-9-16(10-8-15)18-20-13(3)17(14(4)21-18)12(2)11-19-5/h7-10,12,19H,6,11H2,1-5H3. The van der Waals surface area contributed by atoms with E-state index in [4.69, 9.17) is 9.97 Å². The van der Waals surface area contributed by atoms with E-state index in [9.17, 15) is 0 Å². The van der Waals surface area contributed by atoms with E-state index in [2.05, 4.69) is 57.3 Å². The fourth-order valence-corrected chi connectivity index (χ4v) is 2.87. The van der Waals surface area contributed by atoms with Crippen LogP contribution in [0.25, 0.3) is 11.4 Å². The lowest BCUT2D eigenvalue weighted by Gasteiger charge is -2.17. The van der Waals surface area contributed by atoms with Gasteiger partial charge >= 0.3 is 0 Å². The van der Waals surface area contributed by atoms with E-state index in [0.29, 0.717) is 5.92 Å². The molecule has 0 bridgehead atoms. The molecule has 2 rings (SSSR count). The van der Waals surface area contributed by atoms with Crippen molar-refractivity contribution in [3.8, 4) is 11.4 Å². The van der Waals surface area contributed by atoms with Crippen LogP contribution in [0.2, 0.25) is 0 Å². The Kier molecular flexibility index (Phi) is 5.07. The topological polar surface area (TPSA) is 37.8 Å². The van der Waals surface area contributed by atoms with Crippen molar-refractivity contribution in [1.29, 1.82) is 0 Å². The van der Waals surface area contributed by atoms with E-state index < -0.39 is 0 Å². The molecule has 0 aliphatic rings. The lowest BCUT2D eigenvalue weighted by Crippen LogP contribution is -2.17. The van der Waals surface area contributed by atoms with Crippen LogP contribution >= 0.6 is 0 Å². The second kappa shape index (κ2) is 6.81. The van der Waals surface area contributed by atoms with Crippen LogP contribution in [-0.4, -0.2) is 23.6 Å². The monoisotopic (exact) mass is 283 g/mol. The molecule has 21 heavy (non-hydrogen) atoms.